The van der Waals surface area contributed by atoms with E-state index in [1.54, 1.807) is 39.8 Å². The van der Waals surface area contributed by atoms with Gasteiger partial charge in [0.05, 0.1) is 16.6 Å². The van der Waals surface area contributed by atoms with Crippen molar-refractivity contribution in [2.45, 2.75) is 64.3 Å². The van der Waals surface area contributed by atoms with Crippen molar-refractivity contribution in [2.24, 2.45) is 5.73 Å². The molecule has 1 fully saturated rings. The highest BCUT2D eigenvalue weighted by Crippen LogP contribution is 2.38. The fourth-order valence-electron chi connectivity index (χ4n) is 5.53. The summed E-state index contributed by atoms with van der Waals surface area (Å²) in [6.07, 6.45) is -6.59. The van der Waals surface area contributed by atoms with Crippen LogP contribution in [-0.4, -0.2) is 59.4 Å². The van der Waals surface area contributed by atoms with Crippen molar-refractivity contribution in [3.63, 3.8) is 0 Å². The first kappa shape index (κ1) is 33.4. The smallest absolute Gasteiger partial charge is 0.404 e. The highest BCUT2D eigenvalue weighted by Gasteiger charge is 2.53. The van der Waals surface area contributed by atoms with Crippen molar-refractivity contribution >= 4 is 22.8 Å². The van der Waals surface area contributed by atoms with Crippen LogP contribution in [0.3, 0.4) is 0 Å². The van der Waals surface area contributed by atoms with Crippen LogP contribution >= 0.6 is 0 Å². The highest BCUT2D eigenvalue weighted by atomic mass is 19.1. The average Bonchev–Trinajstić information content (AvgIpc) is 3.01. The number of primary amides is 1. The van der Waals surface area contributed by atoms with E-state index in [-0.39, 0.29) is 33.4 Å². The Kier molecular flexibility index (Phi) is 9.25. The third-order valence-corrected chi connectivity index (χ3v) is 8.00. The summed E-state index contributed by atoms with van der Waals surface area (Å²) in [7, 11) is 1.37. The molecule has 248 valence electrons. The maximum Gasteiger partial charge on any atom is 0.404 e. The summed E-state index contributed by atoms with van der Waals surface area (Å²) in [5.74, 6) is -0.482. The summed E-state index contributed by atoms with van der Waals surface area (Å²) in [6, 6.07) is 13.1. The molecule has 0 saturated carbocycles. The molecule has 13 heteroatoms. The van der Waals surface area contributed by atoms with Gasteiger partial charge in [-0.25, -0.2) is 14.0 Å². The minimum absolute atomic E-state index is 0.0178. The molecular formula is C34H34FNO11. The number of Topliss-reactive ketones (excluding diaryl/α,β-unsaturated/α-hetero) is 1. The van der Waals surface area contributed by atoms with Gasteiger partial charge >= 0.3 is 11.7 Å². The lowest BCUT2D eigenvalue weighted by atomic mass is 9.89. The van der Waals surface area contributed by atoms with Gasteiger partial charge in [0.2, 0.25) is 6.29 Å². The molecule has 3 aromatic carbocycles. The number of carbonyl (C=O) groups is 2. The van der Waals surface area contributed by atoms with E-state index < -0.39 is 65.7 Å². The molecule has 47 heavy (non-hydrogen) atoms. The van der Waals surface area contributed by atoms with Gasteiger partial charge in [-0.05, 0) is 75.7 Å². The number of amides is 1. The average molecular weight is 652 g/mol. The number of benzene rings is 3. The summed E-state index contributed by atoms with van der Waals surface area (Å²) in [4.78, 5) is 37.9. The number of hydrogen-bond donors (Lipinski definition) is 3. The lowest BCUT2D eigenvalue weighted by Gasteiger charge is -2.47. The van der Waals surface area contributed by atoms with E-state index in [9.17, 15) is 29.0 Å². The van der Waals surface area contributed by atoms with E-state index in [0.29, 0.717) is 11.5 Å². The zero-order chi connectivity index (χ0) is 34.2. The predicted octanol–water partition coefficient (Wildman–Crippen LogP) is 4.83. The molecule has 4 N–H and O–H groups in total. The number of nitrogens with two attached hydrogens (primary N) is 1. The SMILES string of the molecule is CO[C@@H]1[C@@H](OC(N)=O)[C@@H](O)[C@H](Oc2ccc3c(O)c(CC(=O)c4ccc(C)c(Oc5ccc(F)cc5)c4)c(=O)oc3c2C)OC1(C)C. The Bertz CT molecular complexity index is 1890. The van der Waals surface area contributed by atoms with Crippen molar-refractivity contribution in [1.82, 2.24) is 0 Å². The number of aryl methyl sites for hydroxylation is 2. The Labute approximate surface area is 268 Å². The van der Waals surface area contributed by atoms with Gasteiger partial charge in [-0.1, -0.05) is 12.1 Å². The summed E-state index contributed by atoms with van der Waals surface area (Å²) in [6.45, 7) is 6.66. The first-order chi connectivity index (χ1) is 22.2. The number of halogens is 1. The van der Waals surface area contributed by atoms with Crippen LogP contribution in [0.25, 0.3) is 11.0 Å². The monoisotopic (exact) mass is 651 g/mol. The van der Waals surface area contributed by atoms with Crippen LogP contribution < -0.4 is 20.8 Å². The van der Waals surface area contributed by atoms with Gasteiger partial charge in [-0.3, -0.25) is 4.79 Å². The van der Waals surface area contributed by atoms with Gasteiger partial charge in [0.25, 0.3) is 0 Å². The number of fused-ring (bicyclic) bond motifs is 1. The van der Waals surface area contributed by atoms with E-state index in [0.717, 1.165) is 5.56 Å². The van der Waals surface area contributed by atoms with Crippen LogP contribution in [-0.2, 0) is 20.6 Å². The molecule has 5 rings (SSSR count). The number of hydrogen-bond acceptors (Lipinski definition) is 11. The molecule has 1 amide bonds. The molecule has 4 atom stereocenters. The topological polar surface area (TPSA) is 177 Å². The largest absolute Gasteiger partial charge is 0.507 e. The summed E-state index contributed by atoms with van der Waals surface area (Å²) < 4.78 is 47.1. The maximum absolute atomic E-state index is 13.3. The second kappa shape index (κ2) is 13.0. The van der Waals surface area contributed by atoms with Crippen LogP contribution in [0.15, 0.2) is 63.8 Å². The van der Waals surface area contributed by atoms with Crippen LogP contribution in [0.5, 0.6) is 23.0 Å². The van der Waals surface area contributed by atoms with Gasteiger partial charge < -0.3 is 44.0 Å². The van der Waals surface area contributed by atoms with Gasteiger partial charge in [-0.15, -0.1) is 0 Å². The van der Waals surface area contributed by atoms with E-state index in [2.05, 4.69) is 0 Å². The van der Waals surface area contributed by atoms with E-state index in [1.807, 2.05) is 0 Å². The number of aromatic hydroxyl groups is 1. The predicted molar refractivity (Wildman–Crippen MR) is 165 cm³/mol. The van der Waals surface area contributed by atoms with E-state index in [1.165, 1.54) is 49.6 Å². The molecule has 0 aliphatic carbocycles. The highest BCUT2D eigenvalue weighted by molar-refractivity contribution is 5.99. The quantitative estimate of drug-likeness (QED) is 0.167. The number of ketones is 1. The summed E-state index contributed by atoms with van der Waals surface area (Å²) in [5.41, 5.74) is 4.13. The Morgan fingerprint density at radius 3 is 2.40 bits per heavy atom. The van der Waals surface area contributed by atoms with Crippen LogP contribution in [0.4, 0.5) is 9.18 Å². The second-order valence-corrected chi connectivity index (χ2v) is 11.7. The van der Waals surface area contributed by atoms with Crippen LogP contribution in [0.2, 0.25) is 0 Å². The normalized spacial score (nSPS) is 20.5. The summed E-state index contributed by atoms with van der Waals surface area (Å²) >= 11 is 0. The number of methoxy groups -OCH3 is 1. The molecule has 0 radical (unpaired) electrons. The number of ether oxygens (including phenoxy) is 5. The van der Waals surface area contributed by atoms with Gasteiger partial charge in [0.15, 0.2) is 18.0 Å². The fraction of sp³-hybridized carbons (Fsp3) is 0.324. The number of aliphatic hydroxyl groups excluding tert-OH is 1. The van der Waals surface area contributed by atoms with Crippen molar-refractivity contribution in [1.29, 1.82) is 0 Å². The molecule has 1 aliphatic rings. The zero-order valence-corrected chi connectivity index (χ0v) is 26.2. The molecule has 12 nitrogen and oxygen atoms in total. The Balaban J connectivity index is 1.40. The van der Waals surface area contributed by atoms with Crippen LogP contribution in [0, 0.1) is 19.7 Å². The van der Waals surface area contributed by atoms with Crippen LogP contribution in [0.1, 0.15) is 40.9 Å². The first-order valence-electron chi connectivity index (χ1n) is 14.6. The fourth-order valence-corrected chi connectivity index (χ4v) is 5.53. The van der Waals surface area contributed by atoms with Gasteiger partial charge in [0, 0.05) is 24.7 Å². The third kappa shape index (κ3) is 6.77. The lowest BCUT2D eigenvalue weighted by molar-refractivity contribution is -0.304. The number of aliphatic hydroxyl groups is 1. The molecule has 1 aromatic heterocycles. The Morgan fingerprint density at radius 1 is 1.04 bits per heavy atom. The number of rotatable bonds is 9. The molecule has 1 aliphatic heterocycles. The maximum atomic E-state index is 13.3. The first-order valence-corrected chi connectivity index (χ1v) is 14.6. The Hall–Kier alpha value is -4.98. The zero-order valence-electron chi connectivity index (χ0n) is 26.2. The van der Waals surface area contributed by atoms with Gasteiger partial charge in [0.1, 0.15) is 40.5 Å². The Morgan fingerprint density at radius 2 is 1.74 bits per heavy atom. The van der Waals surface area contributed by atoms with Crippen molar-refractivity contribution < 1.29 is 52.3 Å². The van der Waals surface area contributed by atoms with E-state index >= 15 is 0 Å². The summed E-state index contributed by atoms with van der Waals surface area (Å²) in [5, 5.41) is 22.2. The van der Waals surface area contributed by atoms with Crippen molar-refractivity contribution in [2.75, 3.05) is 7.11 Å². The standard InChI is InChI=1S/C34H34FNO11/c1-16-6-7-18(14-25(16)43-20-10-8-19(35)9-11-20)23(37)15-22-26(38)21-12-13-24(17(2)28(21)45-31(22)40)44-32-27(39)29(46-33(36)41)30(42-5)34(3,4)47-32/h6-14,27,29-30,32,38-39H,15H2,1-5H3,(H2,36,41)/t27-,29+,30-,32-/m1/s1. The minimum Gasteiger partial charge on any atom is -0.507 e. The van der Waals surface area contributed by atoms with E-state index in [4.69, 9.17) is 33.8 Å². The van der Waals surface area contributed by atoms with Crippen molar-refractivity contribution in [3.05, 3.63) is 93.1 Å². The second-order valence-electron chi connectivity index (χ2n) is 11.7. The van der Waals surface area contributed by atoms with Crippen molar-refractivity contribution in [3.8, 4) is 23.0 Å². The molecule has 0 spiro atoms. The van der Waals surface area contributed by atoms with Gasteiger partial charge in [-0.2, -0.15) is 0 Å². The molecule has 0 unspecified atom stereocenters. The number of carbonyl (C=O) groups excluding carboxylic acids is 2. The lowest BCUT2D eigenvalue weighted by Crippen LogP contribution is -2.65. The molecule has 4 aromatic rings. The molecular weight excluding hydrogens is 617 g/mol. The molecule has 2 heterocycles. The molecule has 0 bridgehead atoms. The molecule has 1 saturated heterocycles. The third-order valence-electron chi connectivity index (χ3n) is 8.00. The minimum atomic E-state index is -1.52.